The van der Waals surface area contributed by atoms with Crippen LogP contribution in [0.25, 0.3) is 10.9 Å². The molecule has 0 saturated carbocycles. The molecule has 3 atom stereocenters. The summed E-state index contributed by atoms with van der Waals surface area (Å²) in [6.07, 6.45) is 3.76. The Morgan fingerprint density at radius 1 is 1.21 bits per heavy atom. The Labute approximate surface area is 112 Å². The van der Waals surface area contributed by atoms with E-state index in [-0.39, 0.29) is 0 Å². The van der Waals surface area contributed by atoms with Gasteiger partial charge in [-0.05, 0) is 37.1 Å². The van der Waals surface area contributed by atoms with Crippen molar-refractivity contribution in [2.75, 3.05) is 19.6 Å². The van der Waals surface area contributed by atoms with Gasteiger partial charge in [0.25, 0.3) is 0 Å². The summed E-state index contributed by atoms with van der Waals surface area (Å²) >= 11 is 0. The number of hydrogen-bond donors (Lipinski definition) is 1. The normalized spacial score (nSPS) is 33.7. The fourth-order valence-corrected chi connectivity index (χ4v) is 3.79. The molecule has 1 aromatic heterocycles. The van der Waals surface area contributed by atoms with Gasteiger partial charge in [-0.2, -0.15) is 0 Å². The number of aromatic nitrogens is 1. The van der Waals surface area contributed by atoms with Crippen molar-refractivity contribution in [2.24, 2.45) is 5.92 Å². The van der Waals surface area contributed by atoms with Gasteiger partial charge in [0.1, 0.15) is 0 Å². The number of rotatable bonds is 1. The molecule has 2 aliphatic heterocycles. The van der Waals surface area contributed by atoms with Crippen LogP contribution in [-0.4, -0.2) is 34.6 Å². The summed E-state index contributed by atoms with van der Waals surface area (Å²) in [6.45, 7) is 3.17. The summed E-state index contributed by atoms with van der Waals surface area (Å²) in [5.41, 5.74) is 1.38. The molecule has 3 heteroatoms. The highest BCUT2D eigenvalue weighted by Gasteiger charge is 2.46. The monoisotopic (exact) mass is 254 g/mol. The second-order valence-electron chi connectivity index (χ2n) is 5.84. The Hall–Kier alpha value is -1.45. The number of hydrogen-bond acceptors (Lipinski definition) is 3. The highest BCUT2D eigenvalue weighted by molar-refractivity contribution is 5.83. The fraction of sp³-hybridized carbons (Fsp3) is 0.438. The second kappa shape index (κ2) is 4.02. The largest absolute Gasteiger partial charge is 0.385 e. The highest BCUT2D eigenvalue weighted by atomic mass is 16.3. The van der Waals surface area contributed by atoms with E-state index in [4.69, 9.17) is 0 Å². The van der Waals surface area contributed by atoms with Gasteiger partial charge in [0.15, 0.2) is 0 Å². The molecule has 3 unspecified atom stereocenters. The predicted octanol–water partition coefficient (Wildman–Crippen LogP) is 2.15. The zero-order valence-corrected chi connectivity index (χ0v) is 10.9. The first kappa shape index (κ1) is 11.4. The Morgan fingerprint density at radius 2 is 2.16 bits per heavy atom. The molecule has 0 amide bonds. The lowest BCUT2D eigenvalue weighted by molar-refractivity contribution is -0.0490. The summed E-state index contributed by atoms with van der Waals surface area (Å²) in [5, 5.41) is 12.4. The Morgan fingerprint density at radius 3 is 3.11 bits per heavy atom. The van der Waals surface area contributed by atoms with Crippen LogP contribution in [-0.2, 0) is 5.60 Å². The van der Waals surface area contributed by atoms with Gasteiger partial charge < -0.3 is 10.0 Å². The first-order valence-electron chi connectivity index (χ1n) is 7.06. The summed E-state index contributed by atoms with van der Waals surface area (Å²) in [5.74, 6) is 0.368. The number of aliphatic hydroxyl groups is 1. The summed E-state index contributed by atoms with van der Waals surface area (Å²) in [6, 6.07) is 10.2. The third kappa shape index (κ3) is 1.62. The summed E-state index contributed by atoms with van der Waals surface area (Å²) in [7, 11) is 0. The molecule has 2 aromatic rings. The van der Waals surface area contributed by atoms with Crippen molar-refractivity contribution in [3.8, 4) is 0 Å². The molecule has 3 heterocycles. The number of benzene rings is 1. The van der Waals surface area contributed by atoms with Crippen LogP contribution in [0.1, 0.15) is 18.4 Å². The maximum atomic E-state index is 11.3. The molecule has 0 radical (unpaired) electrons. The smallest absolute Gasteiger partial charge is 0.0955 e. The van der Waals surface area contributed by atoms with Gasteiger partial charge >= 0.3 is 0 Å². The standard InChI is InChI=1S/C16H18N2O/c19-16(7-10-18-9-6-12(16)11-18)14-4-1-5-15-13(14)3-2-8-17-15/h1-5,8,12,19H,6-7,9-11H2. The molecule has 2 saturated heterocycles. The Balaban J connectivity index is 1.89. The van der Waals surface area contributed by atoms with Crippen LogP contribution in [0.5, 0.6) is 0 Å². The van der Waals surface area contributed by atoms with Crippen molar-refractivity contribution >= 4 is 10.9 Å². The van der Waals surface area contributed by atoms with Crippen LogP contribution >= 0.6 is 0 Å². The van der Waals surface area contributed by atoms with Crippen LogP contribution in [0, 0.1) is 5.92 Å². The molecule has 4 rings (SSSR count). The molecule has 0 spiro atoms. The maximum absolute atomic E-state index is 11.3. The van der Waals surface area contributed by atoms with Crippen molar-refractivity contribution < 1.29 is 5.11 Å². The third-order valence-electron chi connectivity index (χ3n) is 4.87. The van der Waals surface area contributed by atoms with E-state index < -0.39 is 5.60 Å². The maximum Gasteiger partial charge on any atom is 0.0955 e. The summed E-state index contributed by atoms with van der Waals surface area (Å²) in [4.78, 5) is 6.87. The van der Waals surface area contributed by atoms with E-state index in [0.717, 1.165) is 48.9 Å². The molecule has 1 N–H and O–H groups in total. The average molecular weight is 254 g/mol. The van der Waals surface area contributed by atoms with Gasteiger partial charge in [-0.3, -0.25) is 4.98 Å². The van der Waals surface area contributed by atoms with Gasteiger partial charge in [0.05, 0.1) is 11.1 Å². The van der Waals surface area contributed by atoms with E-state index in [9.17, 15) is 5.11 Å². The number of piperidine rings is 1. The number of nitrogens with zero attached hydrogens (tertiary/aromatic N) is 2. The molecule has 2 aliphatic rings. The van der Waals surface area contributed by atoms with E-state index in [0.29, 0.717) is 5.92 Å². The third-order valence-corrected chi connectivity index (χ3v) is 4.87. The van der Waals surface area contributed by atoms with Gasteiger partial charge in [-0.1, -0.05) is 18.2 Å². The second-order valence-corrected chi connectivity index (χ2v) is 5.84. The van der Waals surface area contributed by atoms with E-state index in [1.54, 1.807) is 0 Å². The molecule has 3 nitrogen and oxygen atoms in total. The van der Waals surface area contributed by atoms with Gasteiger partial charge in [-0.25, -0.2) is 0 Å². The minimum Gasteiger partial charge on any atom is -0.385 e. The zero-order chi connectivity index (χ0) is 12.9. The molecule has 19 heavy (non-hydrogen) atoms. The molecule has 98 valence electrons. The molecule has 1 aromatic carbocycles. The lowest BCUT2D eigenvalue weighted by atomic mass is 9.76. The van der Waals surface area contributed by atoms with Crippen LogP contribution in [0.3, 0.4) is 0 Å². The quantitative estimate of drug-likeness (QED) is 0.847. The van der Waals surface area contributed by atoms with Gasteiger partial charge in [0, 0.05) is 30.6 Å². The number of fused-ring (bicyclic) bond motifs is 3. The predicted molar refractivity (Wildman–Crippen MR) is 74.8 cm³/mol. The van der Waals surface area contributed by atoms with E-state index in [2.05, 4.69) is 22.0 Å². The average Bonchev–Trinajstić information content (AvgIpc) is 2.88. The summed E-state index contributed by atoms with van der Waals surface area (Å²) < 4.78 is 0. The number of pyridine rings is 1. The fourth-order valence-electron chi connectivity index (χ4n) is 3.79. The minimum absolute atomic E-state index is 0.368. The first-order valence-corrected chi connectivity index (χ1v) is 7.06. The van der Waals surface area contributed by atoms with Crippen molar-refractivity contribution in [3.63, 3.8) is 0 Å². The van der Waals surface area contributed by atoms with Gasteiger partial charge in [0.2, 0.25) is 0 Å². The highest BCUT2D eigenvalue weighted by Crippen LogP contribution is 2.44. The van der Waals surface area contributed by atoms with Crippen molar-refractivity contribution in [2.45, 2.75) is 18.4 Å². The first-order chi connectivity index (χ1) is 9.27. The molecule has 0 aliphatic carbocycles. The Kier molecular flexibility index (Phi) is 2.41. The van der Waals surface area contributed by atoms with Crippen molar-refractivity contribution in [3.05, 3.63) is 42.1 Å². The lowest BCUT2D eigenvalue weighted by Gasteiger charge is -2.39. The van der Waals surface area contributed by atoms with Gasteiger partial charge in [-0.15, -0.1) is 0 Å². The molecule has 2 fully saturated rings. The van der Waals surface area contributed by atoms with Crippen LogP contribution in [0.4, 0.5) is 0 Å². The minimum atomic E-state index is -0.671. The van der Waals surface area contributed by atoms with E-state index in [1.165, 1.54) is 0 Å². The molecule has 2 bridgehead atoms. The topological polar surface area (TPSA) is 36.4 Å². The lowest BCUT2D eigenvalue weighted by Crippen LogP contribution is -2.44. The molecular formula is C16H18N2O. The van der Waals surface area contributed by atoms with Crippen molar-refractivity contribution in [1.29, 1.82) is 0 Å². The van der Waals surface area contributed by atoms with Crippen LogP contribution in [0.2, 0.25) is 0 Å². The van der Waals surface area contributed by atoms with Crippen LogP contribution in [0.15, 0.2) is 36.5 Å². The molecular weight excluding hydrogens is 236 g/mol. The zero-order valence-electron chi connectivity index (χ0n) is 10.9. The SMILES string of the molecule is OC1(c2cccc3ncccc23)CCN2CCC1C2. The van der Waals surface area contributed by atoms with E-state index in [1.807, 2.05) is 24.4 Å². The van der Waals surface area contributed by atoms with Crippen molar-refractivity contribution in [1.82, 2.24) is 9.88 Å². The Bertz CT molecular complexity index is 622. The van der Waals surface area contributed by atoms with E-state index >= 15 is 0 Å². The van der Waals surface area contributed by atoms with Crippen LogP contribution < -0.4 is 0 Å².